The van der Waals surface area contributed by atoms with Gasteiger partial charge in [0.15, 0.2) is 0 Å². The van der Waals surface area contributed by atoms with Gasteiger partial charge in [0, 0.05) is 26.2 Å². The third kappa shape index (κ3) is 1.52. The van der Waals surface area contributed by atoms with Crippen molar-refractivity contribution in [2.75, 3.05) is 31.1 Å². The zero-order chi connectivity index (χ0) is 10.1. The van der Waals surface area contributed by atoms with Crippen LogP contribution in [-0.2, 0) is 0 Å². The SMILES string of the molecule is c1ncc2nc(N3CCNCC3)oc2n1. The lowest BCUT2D eigenvalue weighted by molar-refractivity contribution is 0.513. The van der Waals surface area contributed by atoms with Crippen LogP contribution in [0, 0.1) is 0 Å². The third-order valence-electron chi connectivity index (χ3n) is 2.45. The fourth-order valence-electron chi connectivity index (χ4n) is 1.67. The number of aromatic nitrogens is 3. The lowest BCUT2D eigenvalue weighted by atomic mass is 10.4. The van der Waals surface area contributed by atoms with Crippen LogP contribution in [0.3, 0.4) is 0 Å². The van der Waals surface area contributed by atoms with Crippen molar-refractivity contribution in [1.29, 1.82) is 0 Å². The molecule has 1 aliphatic rings. The van der Waals surface area contributed by atoms with Crippen molar-refractivity contribution in [2.45, 2.75) is 0 Å². The number of oxazole rings is 1. The number of hydrogen-bond acceptors (Lipinski definition) is 6. The largest absolute Gasteiger partial charge is 0.404 e. The first kappa shape index (κ1) is 8.60. The smallest absolute Gasteiger partial charge is 0.299 e. The van der Waals surface area contributed by atoms with E-state index < -0.39 is 0 Å². The second kappa shape index (κ2) is 3.47. The highest BCUT2D eigenvalue weighted by atomic mass is 16.4. The summed E-state index contributed by atoms with van der Waals surface area (Å²) in [6.45, 7) is 3.76. The Labute approximate surface area is 86.3 Å². The van der Waals surface area contributed by atoms with E-state index in [-0.39, 0.29) is 0 Å². The van der Waals surface area contributed by atoms with E-state index in [0.717, 1.165) is 26.2 Å². The molecule has 0 unspecified atom stereocenters. The van der Waals surface area contributed by atoms with E-state index in [1.165, 1.54) is 6.33 Å². The second-order valence-electron chi connectivity index (χ2n) is 3.45. The van der Waals surface area contributed by atoms with Gasteiger partial charge in [0.25, 0.3) is 11.7 Å². The van der Waals surface area contributed by atoms with Gasteiger partial charge in [0.05, 0.1) is 6.20 Å². The standard InChI is InChI=1S/C9H11N5O/c1-3-14(4-2-10-1)9-13-7-5-11-6-12-8(7)15-9/h5-6,10H,1-4H2. The molecule has 6 heteroatoms. The van der Waals surface area contributed by atoms with Gasteiger partial charge >= 0.3 is 0 Å². The van der Waals surface area contributed by atoms with Gasteiger partial charge in [0.2, 0.25) is 0 Å². The number of fused-ring (bicyclic) bond motifs is 1. The van der Waals surface area contributed by atoms with Crippen LogP contribution in [0.25, 0.3) is 11.2 Å². The molecule has 1 N–H and O–H groups in total. The molecule has 1 fully saturated rings. The van der Waals surface area contributed by atoms with Crippen LogP contribution in [0.5, 0.6) is 0 Å². The molecule has 0 radical (unpaired) electrons. The number of anilines is 1. The molecule has 2 aromatic rings. The lowest BCUT2D eigenvalue weighted by Gasteiger charge is -2.25. The Morgan fingerprint density at radius 2 is 2.20 bits per heavy atom. The monoisotopic (exact) mass is 205 g/mol. The van der Waals surface area contributed by atoms with Crippen molar-refractivity contribution < 1.29 is 4.42 Å². The molecule has 0 saturated carbocycles. The third-order valence-corrected chi connectivity index (χ3v) is 2.45. The highest BCUT2D eigenvalue weighted by molar-refractivity contribution is 5.68. The van der Waals surface area contributed by atoms with Crippen LogP contribution in [0.1, 0.15) is 0 Å². The van der Waals surface area contributed by atoms with Crippen molar-refractivity contribution in [3.63, 3.8) is 0 Å². The normalized spacial score (nSPS) is 17.2. The number of piperazine rings is 1. The Kier molecular flexibility index (Phi) is 1.99. The molecule has 1 aliphatic heterocycles. The van der Waals surface area contributed by atoms with Crippen LogP contribution in [0.4, 0.5) is 6.01 Å². The summed E-state index contributed by atoms with van der Waals surface area (Å²) in [6, 6.07) is 0.645. The summed E-state index contributed by atoms with van der Waals surface area (Å²) < 4.78 is 5.54. The Bertz CT molecular complexity index is 429. The average Bonchev–Trinajstić information content (AvgIpc) is 2.74. The summed E-state index contributed by atoms with van der Waals surface area (Å²) in [4.78, 5) is 14.4. The van der Waals surface area contributed by atoms with Gasteiger partial charge in [-0.1, -0.05) is 0 Å². The molecule has 0 spiro atoms. The first-order valence-electron chi connectivity index (χ1n) is 4.96. The summed E-state index contributed by atoms with van der Waals surface area (Å²) in [6.07, 6.45) is 3.13. The van der Waals surface area contributed by atoms with Crippen LogP contribution < -0.4 is 10.2 Å². The van der Waals surface area contributed by atoms with Crippen LogP contribution in [0.15, 0.2) is 16.9 Å². The Morgan fingerprint density at radius 3 is 3.00 bits per heavy atom. The molecular formula is C9H11N5O. The maximum atomic E-state index is 5.54. The molecule has 15 heavy (non-hydrogen) atoms. The minimum absolute atomic E-state index is 0.554. The molecule has 0 bridgehead atoms. The molecule has 3 rings (SSSR count). The number of nitrogens with one attached hydrogen (secondary N) is 1. The fraction of sp³-hybridized carbons (Fsp3) is 0.444. The Balaban J connectivity index is 1.96. The van der Waals surface area contributed by atoms with Gasteiger partial charge in [-0.15, -0.1) is 0 Å². The molecule has 0 amide bonds. The van der Waals surface area contributed by atoms with E-state index in [2.05, 4.69) is 25.2 Å². The molecule has 3 heterocycles. The van der Waals surface area contributed by atoms with Crippen molar-refractivity contribution in [2.24, 2.45) is 0 Å². The first-order valence-corrected chi connectivity index (χ1v) is 4.96. The van der Waals surface area contributed by atoms with Crippen LogP contribution >= 0.6 is 0 Å². The van der Waals surface area contributed by atoms with Crippen molar-refractivity contribution in [3.05, 3.63) is 12.5 Å². The summed E-state index contributed by atoms with van der Waals surface area (Å²) in [5.74, 6) is 0. The van der Waals surface area contributed by atoms with E-state index in [1.54, 1.807) is 6.20 Å². The van der Waals surface area contributed by atoms with E-state index >= 15 is 0 Å². The van der Waals surface area contributed by atoms with E-state index in [4.69, 9.17) is 4.42 Å². The topological polar surface area (TPSA) is 67.1 Å². The number of rotatable bonds is 1. The van der Waals surface area contributed by atoms with E-state index in [1.807, 2.05) is 0 Å². The van der Waals surface area contributed by atoms with Crippen LogP contribution in [0.2, 0.25) is 0 Å². The zero-order valence-corrected chi connectivity index (χ0v) is 8.18. The Morgan fingerprint density at radius 1 is 1.33 bits per heavy atom. The average molecular weight is 205 g/mol. The Hall–Kier alpha value is -1.69. The molecule has 0 atom stereocenters. The predicted octanol–water partition coefficient (Wildman–Crippen LogP) is 0.0274. The van der Waals surface area contributed by atoms with Gasteiger partial charge in [-0.2, -0.15) is 9.97 Å². The molecule has 6 nitrogen and oxygen atoms in total. The maximum Gasteiger partial charge on any atom is 0.299 e. The summed E-state index contributed by atoms with van der Waals surface area (Å²) >= 11 is 0. The fourth-order valence-corrected chi connectivity index (χ4v) is 1.67. The maximum absolute atomic E-state index is 5.54. The molecular weight excluding hydrogens is 194 g/mol. The van der Waals surface area contributed by atoms with E-state index in [0.29, 0.717) is 17.2 Å². The molecule has 0 aromatic carbocycles. The van der Waals surface area contributed by atoms with Crippen molar-refractivity contribution >= 4 is 17.2 Å². The predicted molar refractivity (Wildman–Crippen MR) is 54.7 cm³/mol. The zero-order valence-electron chi connectivity index (χ0n) is 8.18. The molecule has 78 valence electrons. The van der Waals surface area contributed by atoms with Gasteiger partial charge in [0.1, 0.15) is 11.8 Å². The lowest BCUT2D eigenvalue weighted by Crippen LogP contribution is -2.43. The van der Waals surface area contributed by atoms with Crippen molar-refractivity contribution in [3.8, 4) is 0 Å². The molecule has 0 aliphatic carbocycles. The second-order valence-corrected chi connectivity index (χ2v) is 3.45. The van der Waals surface area contributed by atoms with Gasteiger partial charge in [-0.25, -0.2) is 4.98 Å². The van der Waals surface area contributed by atoms with Gasteiger partial charge < -0.3 is 14.6 Å². The van der Waals surface area contributed by atoms with Crippen LogP contribution in [-0.4, -0.2) is 41.1 Å². The number of hydrogen-bond donors (Lipinski definition) is 1. The molecule has 2 aromatic heterocycles. The summed E-state index contributed by atoms with van der Waals surface area (Å²) in [5, 5.41) is 3.28. The van der Waals surface area contributed by atoms with Crippen molar-refractivity contribution in [1.82, 2.24) is 20.3 Å². The molecule has 1 saturated heterocycles. The van der Waals surface area contributed by atoms with Gasteiger partial charge in [-0.05, 0) is 0 Å². The quantitative estimate of drug-likeness (QED) is 0.708. The summed E-state index contributed by atoms with van der Waals surface area (Å²) in [7, 11) is 0. The highest BCUT2D eigenvalue weighted by Crippen LogP contribution is 2.19. The first-order chi connectivity index (χ1) is 7.43. The minimum Gasteiger partial charge on any atom is -0.404 e. The number of nitrogens with zero attached hydrogens (tertiary/aromatic N) is 4. The highest BCUT2D eigenvalue weighted by Gasteiger charge is 2.16. The van der Waals surface area contributed by atoms with E-state index in [9.17, 15) is 0 Å². The van der Waals surface area contributed by atoms with Gasteiger partial charge in [-0.3, -0.25) is 0 Å². The minimum atomic E-state index is 0.554. The summed E-state index contributed by atoms with van der Waals surface area (Å²) in [5.41, 5.74) is 1.27.